The van der Waals surface area contributed by atoms with Crippen molar-refractivity contribution in [2.45, 2.75) is 26.4 Å². The average Bonchev–Trinajstić information content (AvgIpc) is 1.81. The molecule has 0 aromatic heterocycles. The van der Waals surface area contributed by atoms with Gasteiger partial charge in [-0.3, -0.25) is 0 Å². The second kappa shape index (κ2) is 4.11. The Hall–Kier alpha value is -1.26. The van der Waals surface area contributed by atoms with Crippen molar-refractivity contribution >= 4 is 12.2 Å². The maximum Gasteiger partial charge on any atom is 0.517 e. The van der Waals surface area contributed by atoms with Crippen LogP contribution in [0.15, 0.2) is 0 Å². The second-order valence-corrected chi connectivity index (χ2v) is 3.73. The quantitative estimate of drug-likeness (QED) is 0.429. The highest BCUT2D eigenvalue weighted by molar-refractivity contribution is 5.80. The number of ether oxygens (including phenoxy) is 2. The minimum Gasteiger partial charge on any atom is -0.428 e. The lowest BCUT2D eigenvalue weighted by atomic mass is 10.2. The number of amides is 1. The molecule has 0 aromatic carbocycles. The molecule has 5 nitrogen and oxygen atoms in total. The van der Waals surface area contributed by atoms with E-state index in [1.807, 2.05) is 0 Å². The Morgan fingerprint density at radius 2 is 1.62 bits per heavy atom. The van der Waals surface area contributed by atoms with E-state index >= 15 is 0 Å². The first kappa shape index (κ1) is 11.7. The maximum absolute atomic E-state index is 10.9. The number of hydrogen-bond donors (Lipinski definition) is 0. The topological polar surface area (TPSA) is 55.8 Å². The van der Waals surface area contributed by atoms with E-state index in [9.17, 15) is 9.59 Å². The summed E-state index contributed by atoms with van der Waals surface area (Å²) >= 11 is 0. The van der Waals surface area contributed by atoms with Gasteiger partial charge in [0.25, 0.3) is 0 Å². The fraction of sp³-hybridized carbons (Fsp3) is 0.750. The number of nitrogens with zero attached hydrogens (tertiary/aromatic N) is 1. The summed E-state index contributed by atoms with van der Waals surface area (Å²) in [7, 11) is 2.96. The zero-order valence-electron chi connectivity index (χ0n) is 8.58. The smallest absolute Gasteiger partial charge is 0.428 e. The summed E-state index contributed by atoms with van der Waals surface area (Å²) in [6.07, 6.45) is -1.72. The van der Waals surface area contributed by atoms with Crippen LogP contribution in [0, 0.1) is 0 Å². The third-order valence-electron chi connectivity index (χ3n) is 0.925. The SMILES string of the molecule is CN(C)C(=O)OC(=O)OC(C)(C)C. The molecule has 0 aromatic rings. The predicted molar refractivity (Wildman–Crippen MR) is 46.4 cm³/mol. The lowest BCUT2D eigenvalue weighted by molar-refractivity contribution is 0.00488. The van der Waals surface area contributed by atoms with Crippen LogP contribution in [0.1, 0.15) is 20.8 Å². The van der Waals surface area contributed by atoms with Gasteiger partial charge in [0.15, 0.2) is 0 Å². The highest BCUT2D eigenvalue weighted by atomic mass is 16.8. The molecule has 0 N–H and O–H groups in total. The van der Waals surface area contributed by atoms with Crippen LogP contribution in [0.4, 0.5) is 9.59 Å². The summed E-state index contributed by atoms with van der Waals surface area (Å²) in [6.45, 7) is 5.07. The van der Waals surface area contributed by atoms with Crippen molar-refractivity contribution in [3.05, 3.63) is 0 Å². The van der Waals surface area contributed by atoms with Crippen molar-refractivity contribution < 1.29 is 19.1 Å². The number of rotatable bonds is 0. The van der Waals surface area contributed by atoms with Crippen LogP contribution in [0.2, 0.25) is 0 Å². The molecule has 0 radical (unpaired) electrons. The van der Waals surface area contributed by atoms with Gasteiger partial charge in [-0.25, -0.2) is 9.59 Å². The van der Waals surface area contributed by atoms with E-state index in [0.29, 0.717) is 0 Å². The summed E-state index contributed by atoms with van der Waals surface area (Å²) in [5.74, 6) is 0. The van der Waals surface area contributed by atoms with Crippen LogP contribution in [0.25, 0.3) is 0 Å². The van der Waals surface area contributed by atoms with Crippen LogP contribution in [0.5, 0.6) is 0 Å². The molecule has 0 bridgehead atoms. The molecular weight excluding hydrogens is 174 g/mol. The molecule has 0 aliphatic heterocycles. The van der Waals surface area contributed by atoms with Crippen LogP contribution in [-0.2, 0) is 9.47 Å². The third kappa shape index (κ3) is 5.95. The summed E-state index contributed by atoms with van der Waals surface area (Å²) < 4.78 is 9.06. The minimum atomic E-state index is -0.980. The molecule has 0 fully saturated rings. The van der Waals surface area contributed by atoms with Gasteiger partial charge >= 0.3 is 12.2 Å². The van der Waals surface area contributed by atoms with Gasteiger partial charge in [0.1, 0.15) is 5.60 Å². The fourth-order valence-corrected chi connectivity index (χ4v) is 0.433. The van der Waals surface area contributed by atoms with Gasteiger partial charge in [0.2, 0.25) is 0 Å². The third-order valence-corrected chi connectivity index (χ3v) is 0.925. The first-order valence-electron chi connectivity index (χ1n) is 3.84. The summed E-state index contributed by atoms with van der Waals surface area (Å²) in [5.41, 5.74) is -0.649. The number of hydrogen-bond acceptors (Lipinski definition) is 4. The lowest BCUT2D eigenvalue weighted by Gasteiger charge is -2.19. The zero-order chi connectivity index (χ0) is 10.6. The Morgan fingerprint density at radius 3 is 1.92 bits per heavy atom. The van der Waals surface area contributed by atoms with Crippen LogP contribution >= 0.6 is 0 Å². The summed E-state index contributed by atoms with van der Waals surface area (Å²) in [4.78, 5) is 22.9. The molecule has 5 heteroatoms. The lowest BCUT2D eigenvalue weighted by Crippen LogP contribution is -2.30. The average molecular weight is 189 g/mol. The van der Waals surface area contributed by atoms with Gasteiger partial charge in [-0.2, -0.15) is 0 Å². The van der Waals surface area contributed by atoms with Gasteiger partial charge in [-0.15, -0.1) is 0 Å². The first-order valence-corrected chi connectivity index (χ1v) is 3.84. The molecule has 0 unspecified atom stereocenters. The molecular formula is C8H15NO4. The predicted octanol–water partition coefficient (Wildman–Crippen LogP) is 1.62. The molecule has 0 heterocycles. The molecule has 0 saturated heterocycles. The second-order valence-electron chi connectivity index (χ2n) is 3.73. The van der Waals surface area contributed by atoms with Crippen molar-refractivity contribution in [1.82, 2.24) is 4.90 Å². The largest absolute Gasteiger partial charge is 0.517 e. The van der Waals surface area contributed by atoms with Crippen molar-refractivity contribution in [3.63, 3.8) is 0 Å². The van der Waals surface area contributed by atoms with E-state index in [0.717, 1.165) is 4.90 Å². The Labute approximate surface area is 77.6 Å². The van der Waals surface area contributed by atoms with E-state index in [2.05, 4.69) is 4.74 Å². The maximum atomic E-state index is 10.9. The molecule has 0 aliphatic carbocycles. The fourth-order valence-electron chi connectivity index (χ4n) is 0.433. The highest BCUT2D eigenvalue weighted by Gasteiger charge is 2.20. The van der Waals surface area contributed by atoms with Crippen LogP contribution in [-0.4, -0.2) is 36.8 Å². The molecule has 0 rings (SSSR count). The first-order chi connectivity index (χ1) is 5.72. The van der Waals surface area contributed by atoms with Crippen LogP contribution < -0.4 is 0 Å². The molecule has 0 saturated carbocycles. The van der Waals surface area contributed by atoms with Gasteiger partial charge < -0.3 is 14.4 Å². The normalized spacial score (nSPS) is 10.5. The molecule has 0 spiro atoms. The van der Waals surface area contributed by atoms with Gasteiger partial charge in [0, 0.05) is 14.1 Å². The Balaban J connectivity index is 3.96. The van der Waals surface area contributed by atoms with E-state index in [1.165, 1.54) is 14.1 Å². The summed E-state index contributed by atoms with van der Waals surface area (Å²) in [5, 5.41) is 0. The van der Waals surface area contributed by atoms with E-state index in [4.69, 9.17) is 4.74 Å². The van der Waals surface area contributed by atoms with E-state index in [1.54, 1.807) is 20.8 Å². The number of carbonyl (C=O) groups excluding carboxylic acids is 2. The van der Waals surface area contributed by atoms with Crippen molar-refractivity contribution in [1.29, 1.82) is 0 Å². The van der Waals surface area contributed by atoms with Gasteiger partial charge in [-0.05, 0) is 20.8 Å². The Bertz CT molecular complexity index is 205. The standard InChI is InChI=1S/C8H15NO4/c1-8(2,3)13-7(11)12-6(10)9(4)5/h1-5H3. The Kier molecular flexibility index (Phi) is 3.71. The minimum absolute atomic E-state index is 0.649. The molecule has 13 heavy (non-hydrogen) atoms. The van der Waals surface area contributed by atoms with Crippen molar-refractivity contribution in [3.8, 4) is 0 Å². The van der Waals surface area contributed by atoms with Gasteiger partial charge in [-0.1, -0.05) is 0 Å². The Morgan fingerprint density at radius 1 is 1.15 bits per heavy atom. The zero-order valence-corrected chi connectivity index (χ0v) is 8.58. The van der Waals surface area contributed by atoms with Crippen molar-refractivity contribution in [2.24, 2.45) is 0 Å². The molecule has 0 atom stereocenters. The molecule has 76 valence electrons. The monoisotopic (exact) mass is 189 g/mol. The highest BCUT2D eigenvalue weighted by Crippen LogP contribution is 2.08. The van der Waals surface area contributed by atoms with E-state index < -0.39 is 17.8 Å². The molecule has 1 amide bonds. The van der Waals surface area contributed by atoms with Gasteiger partial charge in [0.05, 0.1) is 0 Å². The van der Waals surface area contributed by atoms with Crippen molar-refractivity contribution in [2.75, 3.05) is 14.1 Å². The van der Waals surface area contributed by atoms with E-state index in [-0.39, 0.29) is 0 Å². The van der Waals surface area contributed by atoms with Crippen LogP contribution in [0.3, 0.4) is 0 Å². The molecule has 0 aliphatic rings. The number of carbonyl (C=O) groups is 2. The summed E-state index contributed by atoms with van der Waals surface area (Å²) in [6, 6.07) is 0.